The van der Waals surface area contributed by atoms with Crippen molar-refractivity contribution < 1.29 is 4.74 Å². The summed E-state index contributed by atoms with van der Waals surface area (Å²) in [6.45, 7) is 4.54. The highest BCUT2D eigenvalue weighted by atomic mass is 16.5. The molecule has 6 nitrogen and oxygen atoms in total. The molecule has 0 bridgehead atoms. The van der Waals surface area contributed by atoms with Gasteiger partial charge in [0.1, 0.15) is 5.82 Å². The van der Waals surface area contributed by atoms with Gasteiger partial charge in [-0.3, -0.25) is 0 Å². The molecular weight excluding hydrogens is 302 g/mol. The lowest BCUT2D eigenvalue weighted by Crippen LogP contribution is -2.37. The highest BCUT2D eigenvalue weighted by Gasteiger charge is 2.28. The molecule has 1 atom stereocenters. The summed E-state index contributed by atoms with van der Waals surface area (Å²) < 4.78 is 7.59. The lowest BCUT2D eigenvalue weighted by molar-refractivity contribution is 0.122. The van der Waals surface area contributed by atoms with Crippen LogP contribution < -0.4 is 10.2 Å². The van der Waals surface area contributed by atoms with Gasteiger partial charge in [0, 0.05) is 36.8 Å². The average Bonchev–Trinajstić information content (AvgIpc) is 3.41. The molecule has 1 N–H and O–H groups in total. The molecule has 4 heterocycles. The van der Waals surface area contributed by atoms with E-state index in [1.807, 2.05) is 0 Å². The van der Waals surface area contributed by atoms with E-state index in [1.54, 1.807) is 0 Å². The predicted molar refractivity (Wildman–Crippen MR) is 92.6 cm³/mol. The first-order valence-corrected chi connectivity index (χ1v) is 9.35. The number of rotatable bonds is 3. The first kappa shape index (κ1) is 14.7. The summed E-state index contributed by atoms with van der Waals surface area (Å²) in [7, 11) is 0. The van der Waals surface area contributed by atoms with Crippen LogP contribution in [0.25, 0.3) is 5.65 Å². The molecule has 2 saturated heterocycles. The number of piperidine rings is 1. The number of aromatic nitrogens is 3. The van der Waals surface area contributed by atoms with Crippen molar-refractivity contribution in [3.05, 3.63) is 23.5 Å². The Morgan fingerprint density at radius 1 is 1.04 bits per heavy atom. The molecule has 24 heavy (non-hydrogen) atoms. The second kappa shape index (κ2) is 6.01. The second-order valence-corrected chi connectivity index (χ2v) is 7.25. The maximum Gasteiger partial charge on any atom is 0.157 e. The zero-order chi connectivity index (χ0) is 15.9. The topological polar surface area (TPSA) is 54.7 Å². The maximum atomic E-state index is 5.53. The van der Waals surface area contributed by atoms with Crippen LogP contribution >= 0.6 is 0 Å². The lowest BCUT2D eigenvalue weighted by Gasteiger charge is -2.29. The number of anilines is 1. The molecule has 0 radical (unpaired) electrons. The molecule has 1 saturated carbocycles. The van der Waals surface area contributed by atoms with Crippen LogP contribution in [0.15, 0.2) is 12.1 Å². The molecule has 0 spiro atoms. The van der Waals surface area contributed by atoms with Gasteiger partial charge < -0.3 is 15.0 Å². The minimum Gasteiger partial charge on any atom is -0.378 e. The van der Waals surface area contributed by atoms with Gasteiger partial charge in [0.15, 0.2) is 5.65 Å². The summed E-state index contributed by atoms with van der Waals surface area (Å²) in [4.78, 5) is 7.32. The summed E-state index contributed by atoms with van der Waals surface area (Å²) in [6.07, 6.45) is 6.27. The van der Waals surface area contributed by atoms with E-state index in [1.165, 1.54) is 43.6 Å². The van der Waals surface area contributed by atoms with Crippen LogP contribution in [0, 0.1) is 0 Å². The van der Waals surface area contributed by atoms with Crippen molar-refractivity contribution >= 4 is 11.5 Å². The van der Waals surface area contributed by atoms with Gasteiger partial charge in [0.25, 0.3) is 0 Å². The van der Waals surface area contributed by atoms with Crippen molar-refractivity contribution in [2.75, 3.05) is 37.7 Å². The van der Waals surface area contributed by atoms with Crippen molar-refractivity contribution in [2.45, 2.75) is 44.1 Å². The summed E-state index contributed by atoms with van der Waals surface area (Å²) >= 11 is 0. The Hall–Kier alpha value is -1.66. The summed E-state index contributed by atoms with van der Waals surface area (Å²) in [5.41, 5.74) is 3.39. The largest absolute Gasteiger partial charge is 0.378 e. The monoisotopic (exact) mass is 327 g/mol. The van der Waals surface area contributed by atoms with E-state index in [0.717, 1.165) is 44.2 Å². The Morgan fingerprint density at radius 3 is 2.67 bits per heavy atom. The Balaban J connectivity index is 1.57. The van der Waals surface area contributed by atoms with Crippen LogP contribution in [0.2, 0.25) is 0 Å². The van der Waals surface area contributed by atoms with Crippen molar-refractivity contribution in [1.82, 2.24) is 19.9 Å². The molecule has 128 valence electrons. The zero-order valence-electron chi connectivity index (χ0n) is 14.1. The summed E-state index contributed by atoms with van der Waals surface area (Å²) in [6, 6.07) is 4.84. The van der Waals surface area contributed by atoms with E-state index >= 15 is 0 Å². The fourth-order valence-corrected chi connectivity index (χ4v) is 3.88. The van der Waals surface area contributed by atoms with E-state index < -0.39 is 0 Å². The first-order valence-electron chi connectivity index (χ1n) is 9.35. The predicted octanol–water partition coefficient (Wildman–Crippen LogP) is 2.26. The fourth-order valence-electron chi connectivity index (χ4n) is 3.88. The molecule has 0 unspecified atom stereocenters. The molecule has 0 aromatic carbocycles. The Labute approximate surface area is 142 Å². The molecule has 2 aromatic rings. The smallest absolute Gasteiger partial charge is 0.157 e. The third kappa shape index (κ3) is 2.67. The molecule has 3 aliphatic rings. The maximum absolute atomic E-state index is 5.53. The van der Waals surface area contributed by atoms with Gasteiger partial charge in [-0.15, -0.1) is 0 Å². The van der Waals surface area contributed by atoms with Gasteiger partial charge in [-0.05, 0) is 32.2 Å². The van der Waals surface area contributed by atoms with Crippen molar-refractivity contribution in [3.63, 3.8) is 0 Å². The number of nitrogens with zero attached hydrogens (tertiary/aromatic N) is 4. The zero-order valence-corrected chi connectivity index (χ0v) is 14.1. The van der Waals surface area contributed by atoms with Crippen molar-refractivity contribution in [3.8, 4) is 0 Å². The molecule has 5 rings (SSSR count). The van der Waals surface area contributed by atoms with Crippen LogP contribution in [0.5, 0.6) is 0 Å². The van der Waals surface area contributed by atoms with E-state index in [2.05, 4.69) is 26.9 Å². The third-order valence-electron chi connectivity index (χ3n) is 5.45. The number of hydrogen-bond acceptors (Lipinski definition) is 5. The minimum atomic E-state index is 0.377. The van der Waals surface area contributed by atoms with Crippen LogP contribution in [0.3, 0.4) is 0 Å². The fraction of sp³-hybridized carbons (Fsp3) is 0.667. The van der Waals surface area contributed by atoms with E-state index in [4.69, 9.17) is 14.8 Å². The molecule has 2 aliphatic heterocycles. The van der Waals surface area contributed by atoms with Gasteiger partial charge in [0.05, 0.1) is 24.9 Å². The Kier molecular flexibility index (Phi) is 3.67. The average molecular weight is 327 g/mol. The Morgan fingerprint density at radius 2 is 1.92 bits per heavy atom. The highest BCUT2D eigenvalue weighted by molar-refractivity contribution is 5.53. The minimum absolute atomic E-state index is 0.377. The van der Waals surface area contributed by atoms with E-state index in [-0.39, 0.29) is 0 Å². The summed E-state index contributed by atoms with van der Waals surface area (Å²) in [5.74, 6) is 1.84. The third-order valence-corrected chi connectivity index (χ3v) is 5.45. The number of hydrogen-bond donors (Lipinski definition) is 1. The highest BCUT2D eigenvalue weighted by Crippen LogP contribution is 2.40. The van der Waals surface area contributed by atoms with Crippen LogP contribution in [0.4, 0.5) is 5.82 Å². The van der Waals surface area contributed by atoms with Crippen molar-refractivity contribution in [1.29, 1.82) is 0 Å². The van der Waals surface area contributed by atoms with Gasteiger partial charge in [0.2, 0.25) is 0 Å². The van der Waals surface area contributed by atoms with Gasteiger partial charge in [-0.2, -0.15) is 9.61 Å². The SMILES string of the molecule is c1c(C2CC2)nc2cc([C@@H]3CCCCN3)nn2c1N1CCOCC1. The molecule has 6 heteroatoms. The number of fused-ring (bicyclic) bond motifs is 1. The van der Waals surface area contributed by atoms with E-state index in [0.29, 0.717) is 12.0 Å². The normalized spacial score (nSPS) is 25.3. The Bertz CT molecular complexity index is 726. The number of morpholine rings is 1. The van der Waals surface area contributed by atoms with Gasteiger partial charge in [-0.1, -0.05) is 6.42 Å². The summed E-state index contributed by atoms with van der Waals surface area (Å²) in [5, 5.41) is 8.55. The van der Waals surface area contributed by atoms with Crippen LogP contribution in [-0.2, 0) is 4.74 Å². The molecule has 0 amide bonds. The number of nitrogens with one attached hydrogen (secondary N) is 1. The van der Waals surface area contributed by atoms with E-state index in [9.17, 15) is 0 Å². The quantitative estimate of drug-likeness (QED) is 0.937. The molecule has 1 aliphatic carbocycles. The van der Waals surface area contributed by atoms with Gasteiger partial charge >= 0.3 is 0 Å². The first-order chi connectivity index (χ1) is 11.9. The second-order valence-electron chi connectivity index (χ2n) is 7.25. The van der Waals surface area contributed by atoms with Gasteiger partial charge in [-0.25, -0.2) is 4.98 Å². The number of ether oxygens (including phenoxy) is 1. The van der Waals surface area contributed by atoms with Crippen LogP contribution in [0.1, 0.15) is 55.5 Å². The standard InChI is InChI=1S/C18H25N5O/c1-2-6-19-14(3-1)16-11-17-20-15(13-4-5-13)12-18(23(17)21-16)22-7-9-24-10-8-22/h11-14,19H,1-10H2/t14-/m0/s1. The van der Waals surface area contributed by atoms with Crippen molar-refractivity contribution in [2.24, 2.45) is 0 Å². The van der Waals surface area contributed by atoms with Crippen LogP contribution in [-0.4, -0.2) is 47.4 Å². The molecular formula is C18H25N5O. The molecule has 3 fully saturated rings. The molecule has 2 aromatic heterocycles. The lowest BCUT2D eigenvalue weighted by atomic mass is 10.0.